The molecular formula is C11H22N2O3. The van der Waals surface area contributed by atoms with Crippen molar-refractivity contribution in [2.45, 2.75) is 38.6 Å². The summed E-state index contributed by atoms with van der Waals surface area (Å²) in [5, 5.41) is 11.4. The molecule has 0 saturated heterocycles. The number of carboxylic acid groups (broad SMARTS) is 1. The van der Waals surface area contributed by atoms with Crippen molar-refractivity contribution in [3.05, 3.63) is 0 Å². The third-order valence-electron chi connectivity index (χ3n) is 2.21. The van der Waals surface area contributed by atoms with E-state index in [9.17, 15) is 9.59 Å². The zero-order valence-corrected chi connectivity index (χ0v) is 10.3. The first kappa shape index (κ1) is 14.9. The molecule has 0 aliphatic heterocycles. The highest BCUT2D eigenvalue weighted by Gasteiger charge is 2.14. The van der Waals surface area contributed by atoms with Crippen LogP contribution in [0, 0.1) is 0 Å². The molecule has 0 aromatic carbocycles. The van der Waals surface area contributed by atoms with Crippen LogP contribution in [0.25, 0.3) is 0 Å². The van der Waals surface area contributed by atoms with Crippen molar-refractivity contribution in [1.29, 1.82) is 0 Å². The second-order valence-electron chi connectivity index (χ2n) is 4.20. The Kier molecular flexibility index (Phi) is 7.54. The standard InChI is InChI=1S/C11H22N2O3/c1-4-5-9(8-11(15)16)12-10(14)6-7-13(2)3/h9H,4-8H2,1-3H3,(H,12,14)(H,15,16). The second kappa shape index (κ2) is 8.10. The fourth-order valence-electron chi connectivity index (χ4n) is 1.41. The maximum Gasteiger partial charge on any atom is 0.305 e. The number of nitrogens with zero attached hydrogens (tertiary/aromatic N) is 1. The monoisotopic (exact) mass is 230 g/mol. The number of hydrogen-bond donors (Lipinski definition) is 2. The van der Waals surface area contributed by atoms with E-state index in [-0.39, 0.29) is 18.4 Å². The molecular weight excluding hydrogens is 208 g/mol. The van der Waals surface area contributed by atoms with Gasteiger partial charge in [0.25, 0.3) is 0 Å². The van der Waals surface area contributed by atoms with Gasteiger partial charge in [-0.2, -0.15) is 0 Å². The predicted octanol–water partition coefficient (Wildman–Crippen LogP) is 0.698. The van der Waals surface area contributed by atoms with E-state index in [1.54, 1.807) is 0 Å². The molecule has 0 radical (unpaired) electrons. The molecule has 5 nitrogen and oxygen atoms in total. The van der Waals surface area contributed by atoms with Gasteiger partial charge in [-0.05, 0) is 20.5 Å². The molecule has 1 atom stereocenters. The zero-order valence-electron chi connectivity index (χ0n) is 10.3. The first-order valence-electron chi connectivity index (χ1n) is 5.61. The van der Waals surface area contributed by atoms with Crippen molar-refractivity contribution in [3.63, 3.8) is 0 Å². The largest absolute Gasteiger partial charge is 0.481 e. The Morgan fingerprint density at radius 1 is 1.38 bits per heavy atom. The summed E-state index contributed by atoms with van der Waals surface area (Å²) in [6.07, 6.45) is 1.99. The quantitative estimate of drug-likeness (QED) is 0.644. The van der Waals surface area contributed by atoms with E-state index in [1.807, 2.05) is 25.9 Å². The number of amides is 1. The smallest absolute Gasteiger partial charge is 0.305 e. The zero-order chi connectivity index (χ0) is 12.6. The molecule has 0 spiro atoms. The van der Waals surface area contributed by atoms with Crippen molar-refractivity contribution in [2.24, 2.45) is 0 Å². The second-order valence-corrected chi connectivity index (χ2v) is 4.20. The third-order valence-corrected chi connectivity index (χ3v) is 2.21. The van der Waals surface area contributed by atoms with Crippen LogP contribution in [0.1, 0.15) is 32.6 Å². The maximum atomic E-state index is 11.5. The van der Waals surface area contributed by atoms with Gasteiger partial charge in [-0.25, -0.2) is 0 Å². The highest BCUT2D eigenvalue weighted by molar-refractivity contribution is 5.77. The lowest BCUT2D eigenvalue weighted by Gasteiger charge is -2.17. The van der Waals surface area contributed by atoms with Crippen LogP contribution >= 0.6 is 0 Å². The summed E-state index contributed by atoms with van der Waals surface area (Å²) in [6, 6.07) is -0.239. The maximum absolute atomic E-state index is 11.5. The molecule has 5 heteroatoms. The Labute approximate surface area is 96.8 Å². The summed E-state index contributed by atoms with van der Waals surface area (Å²) < 4.78 is 0. The van der Waals surface area contributed by atoms with Crippen LogP contribution in [-0.4, -0.2) is 48.6 Å². The van der Waals surface area contributed by atoms with Gasteiger partial charge in [-0.3, -0.25) is 9.59 Å². The number of nitrogens with one attached hydrogen (secondary N) is 1. The molecule has 2 N–H and O–H groups in total. The van der Waals surface area contributed by atoms with Crippen LogP contribution in [0.3, 0.4) is 0 Å². The van der Waals surface area contributed by atoms with Gasteiger partial charge < -0.3 is 15.3 Å². The van der Waals surface area contributed by atoms with E-state index in [4.69, 9.17) is 5.11 Å². The minimum atomic E-state index is -0.869. The normalized spacial score (nSPS) is 12.5. The lowest BCUT2D eigenvalue weighted by atomic mass is 10.1. The van der Waals surface area contributed by atoms with Crippen molar-refractivity contribution < 1.29 is 14.7 Å². The molecule has 94 valence electrons. The molecule has 0 saturated carbocycles. The van der Waals surface area contributed by atoms with Gasteiger partial charge in [0, 0.05) is 19.0 Å². The predicted molar refractivity (Wildman–Crippen MR) is 62.3 cm³/mol. The lowest BCUT2D eigenvalue weighted by Crippen LogP contribution is -2.37. The Balaban J connectivity index is 3.97. The van der Waals surface area contributed by atoms with E-state index in [2.05, 4.69) is 5.32 Å². The highest BCUT2D eigenvalue weighted by Crippen LogP contribution is 2.02. The van der Waals surface area contributed by atoms with Gasteiger partial charge in [-0.1, -0.05) is 13.3 Å². The number of carbonyl (C=O) groups is 2. The number of rotatable bonds is 8. The third kappa shape index (κ3) is 8.23. The topological polar surface area (TPSA) is 69.6 Å². The van der Waals surface area contributed by atoms with E-state index in [1.165, 1.54) is 0 Å². The fraction of sp³-hybridized carbons (Fsp3) is 0.818. The molecule has 0 aliphatic carbocycles. The number of hydrogen-bond acceptors (Lipinski definition) is 3. The van der Waals surface area contributed by atoms with E-state index in [0.29, 0.717) is 19.4 Å². The summed E-state index contributed by atoms with van der Waals surface area (Å²) >= 11 is 0. The summed E-state index contributed by atoms with van der Waals surface area (Å²) in [4.78, 5) is 24.0. The highest BCUT2D eigenvalue weighted by atomic mass is 16.4. The van der Waals surface area contributed by atoms with E-state index < -0.39 is 5.97 Å². The van der Waals surface area contributed by atoms with Crippen LogP contribution in [-0.2, 0) is 9.59 Å². The Bertz CT molecular complexity index is 229. The molecule has 0 aromatic rings. The molecule has 0 bridgehead atoms. The molecule has 0 heterocycles. The molecule has 0 fully saturated rings. The average Bonchev–Trinajstić information content (AvgIpc) is 2.14. The van der Waals surface area contributed by atoms with Crippen LogP contribution < -0.4 is 5.32 Å². The van der Waals surface area contributed by atoms with Crippen LogP contribution in [0.4, 0.5) is 0 Å². The van der Waals surface area contributed by atoms with Crippen molar-refractivity contribution in [1.82, 2.24) is 10.2 Å². The molecule has 1 amide bonds. The summed E-state index contributed by atoms with van der Waals surface area (Å²) in [5.41, 5.74) is 0. The molecule has 0 rings (SSSR count). The minimum absolute atomic E-state index is 0.00153. The van der Waals surface area contributed by atoms with Crippen molar-refractivity contribution in [3.8, 4) is 0 Å². The fourth-order valence-corrected chi connectivity index (χ4v) is 1.41. The van der Waals surface area contributed by atoms with Gasteiger partial charge in [0.05, 0.1) is 6.42 Å². The summed E-state index contributed by atoms with van der Waals surface area (Å²) in [5.74, 6) is -0.945. The van der Waals surface area contributed by atoms with E-state index in [0.717, 1.165) is 6.42 Å². The average molecular weight is 230 g/mol. The summed E-state index contributed by atoms with van der Waals surface area (Å²) in [6.45, 7) is 2.65. The lowest BCUT2D eigenvalue weighted by molar-refractivity contribution is -0.137. The Hall–Kier alpha value is -1.10. The molecule has 16 heavy (non-hydrogen) atoms. The van der Waals surface area contributed by atoms with Gasteiger partial charge in [0.15, 0.2) is 0 Å². The van der Waals surface area contributed by atoms with Crippen molar-refractivity contribution >= 4 is 11.9 Å². The number of aliphatic carboxylic acids is 1. The minimum Gasteiger partial charge on any atom is -0.481 e. The van der Waals surface area contributed by atoms with Gasteiger partial charge in [0.2, 0.25) is 5.91 Å². The Morgan fingerprint density at radius 3 is 2.44 bits per heavy atom. The van der Waals surface area contributed by atoms with Gasteiger partial charge in [-0.15, -0.1) is 0 Å². The van der Waals surface area contributed by atoms with Crippen LogP contribution in [0.2, 0.25) is 0 Å². The van der Waals surface area contributed by atoms with Crippen LogP contribution in [0.5, 0.6) is 0 Å². The number of carbonyl (C=O) groups excluding carboxylic acids is 1. The summed E-state index contributed by atoms with van der Waals surface area (Å²) in [7, 11) is 3.79. The van der Waals surface area contributed by atoms with E-state index >= 15 is 0 Å². The SMILES string of the molecule is CCCC(CC(=O)O)NC(=O)CCN(C)C. The van der Waals surface area contributed by atoms with Gasteiger partial charge >= 0.3 is 5.97 Å². The number of carboxylic acids is 1. The Morgan fingerprint density at radius 2 is 2.00 bits per heavy atom. The van der Waals surface area contributed by atoms with Crippen LogP contribution in [0.15, 0.2) is 0 Å². The molecule has 0 aliphatic rings. The van der Waals surface area contributed by atoms with Gasteiger partial charge in [0.1, 0.15) is 0 Å². The molecule has 1 unspecified atom stereocenters. The molecule has 0 aromatic heterocycles. The van der Waals surface area contributed by atoms with Crippen molar-refractivity contribution in [2.75, 3.05) is 20.6 Å². The first-order chi connectivity index (χ1) is 7.45. The first-order valence-corrected chi connectivity index (χ1v) is 5.61.